The highest BCUT2D eigenvalue weighted by Crippen LogP contribution is 2.40. The lowest BCUT2D eigenvalue weighted by atomic mass is 9.87. The van der Waals surface area contributed by atoms with E-state index in [1.54, 1.807) is 0 Å². The zero-order valence-electron chi connectivity index (χ0n) is 33.6. The van der Waals surface area contributed by atoms with E-state index < -0.39 is 204 Å². The fourth-order valence-corrected chi connectivity index (χ4v) is 7.75. The number of aliphatic hydroxyl groups excluding tert-OH is 15. The summed E-state index contributed by atoms with van der Waals surface area (Å²) in [6.07, 6.45) is -41.5. The summed E-state index contributed by atoms with van der Waals surface area (Å²) in [6.45, 7) is -5.08. The van der Waals surface area contributed by atoms with Gasteiger partial charge in [-0.25, -0.2) is 9.59 Å². The Labute approximate surface area is 360 Å². The van der Waals surface area contributed by atoms with Crippen LogP contribution in [0.1, 0.15) is 19.8 Å². The number of amides is 2. The van der Waals surface area contributed by atoms with Crippen LogP contribution in [-0.4, -0.2) is 277 Å². The lowest BCUT2D eigenvalue weighted by Gasteiger charge is -2.51. The molecule has 0 bridgehead atoms. The maximum atomic E-state index is 13.2. The van der Waals surface area contributed by atoms with Crippen molar-refractivity contribution in [1.82, 2.24) is 10.6 Å². The highest BCUT2D eigenvalue weighted by Gasteiger charge is 2.62. The molecule has 0 spiro atoms. The van der Waals surface area contributed by atoms with Crippen LogP contribution in [-0.2, 0) is 52.3 Å². The van der Waals surface area contributed by atoms with E-state index in [1.165, 1.54) is 0 Å². The Kier molecular flexibility index (Phi) is 18.6. The van der Waals surface area contributed by atoms with Crippen LogP contribution in [0.3, 0.4) is 0 Å². The van der Waals surface area contributed by atoms with Crippen LogP contribution in [0.2, 0.25) is 0 Å². The molecule has 370 valence electrons. The van der Waals surface area contributed by atoms with E-state index in [4.69, 9.17) is 33.2 Å². The number of hydrogen-bond acceptors (Lipinski definition) is 26. The van der Waals surface area contributed by atoms with Crippen LogP contribution < -0.4 is 10.6 Å². The summed E-state index contributed by atoms with van der Waals surface area (Å²) in [4.78, 5) is 50.4. The molecule has 4 saturated heterocycles. The molecule has 22 atom stereocenters. The van der Waals surface area contributed by atoms with Gasteiger partial charge in [0.05, 0.1) is 50.7 Å². The predicted molar refractivity (Wildman–Crippen MR) is 193 cm³/mol. The minimum absolute atomic E-state index is 0.854. The number of rotatable bonds is 19. The lowest BCUT2D eigenvalue weighted by Crippen LogP contribution is -2.72. The number of hydrogen-bond donors (Lipinski definition) is 19. The monoisotopic (exact) mass is 940 g/mol. The standard InChI is InChI=1S/C34H56N2O28/c1-9(42)35-17-10(43)2-33(31(54)55,62-26(17)19(47)12(45)4-37)61-14(6-39)21(49)27-18(36-16(46)8-41)11(44)3-34(63-27,32(56)57)64-28-20(48)13(5-38)59-30(24(28)52)60-25-15(7-40)58-29(53)23(51)22(25)50/h10-15,17-30,37-41,43-45,47-53H,2-8H2,1H3,(H,35,42)(H,36,46)(H,54,55)(H,56,57)/t10-,11-,12+,13+,14+,15+,17+,18+,19+,20-,21+,22+,23+,24+,25+,26+,27+,28-,29+,30-,33+,34-/m0/s1. The van der Waals surface area contributed by atoms with Gasteiger partial charge in [0, 0.05) is 19.8 Å². The molecule has 4 aliphatic heterocycles. The van der Waals surface area contributed by atoms with Gasteiger partial charge in [-0.05, 0) is 0 Å². The second-order valence-corrected chi connectivity index (χ2v) is 15.5. The van der Waals surface area contributed by atoms with Crippen LogP contribution in [0.25, 0.3) is 0 Å². The molecule has 4 fully saturated rings. The van der Waals surface area contributed by atoms with Crippen LogP contribution in [0.5, 0.6) is 0 Å². The van der Waals surface area contributed by atoms with Crippen molar-refractivity contribution in [2.45, 2.75) is 154 Å². The van der Waals surface area contributed by atoms with E-state index >= 15 is 0 Å². The molecule has 0 unspecified atom stereocenters. The minimum Gasteiger partial charge on any atom is -0.477 e. The number of aliphatic hydroxyl groups is 15. The van der Waals surface area contributed by atoms with Crippen LogP contribution in [0.4, 0.5) is 0 Å². The van der Waals surface area contributed by atoms with Gasteiger partial charge < -0.3 is 131 Å². The van der Waals surface area contributed by atoms with Crippen molar-refractivity contribution >= 4 is 23.8 Å². The first kappa shape index (κ1) is 53.6. The molecule has 0 aliphatic carbocycles. The smallest absolute Gasteiger partial charge is 0.364 e. The fourth-order valence-electron chi connectivity index (χ4n) is 7.75. The molecule has 0 saturated carbocycles. The largest absolute Gasteiger partial charge is 0.477 e. The lowest BCUT2D eigenvalue weighted by molar-refractivity contribution is -0.387. The zero-order chi connectivity index (χ0) is 48.2. The van der Waals surface area contributed by atoms with Crippen molar-refractivity contribution in [2.24, 2.45) is 0 Å². The quantitative estimate of drug-likeness (QED) is 0.0572. The highest BCUT2D eigenvalue weighted by molar-refractivity contribution is 5.78. The van der Waals surface area contributed by atoms with E-state index in [0.29, 0.717) is 0 Å². The van der Waals surface area contributed by atoms with Gasteiger partial charge in [0.2, 0.25) is 11.8 Å². The number of carboxylic acids is 2. The fraction of sp³-hybridized carbons (Fsp3) is 0.882. The third kappa shape index (κ3) is 11.2. The molecule has 0 aromatic rings. The molecule has 30 heteroatoms. The maximum Gasteiger partial charge on any atom is 0.364 e. The number of carboxylic acid groups (broad SMARTS) is 2. The SMILES string of the molecule is CC(=O)N[C@H]1[C@H]([C@H](O)[C@H](O)CO)O[C@@](O[C@H](CO)[C@@H](O)[C@@H]2O[C@@](O[C@H]3[C@@H](O)[C@@H](CO)O[C@@H](O[C@H]4[C@H](O)[C@@H](O)[C@H](O)O[C@@H]4CO)[C@@H]3O)(C(=O)O)C[C@H](O)[C@H]2NC(=O)CO)(C(=O)O)C[C@@H]1O. The molecule has 64 heavy (non-hydrogen) atoms. The summed E-state index contributed by atoms with van der Waals surface area (Å²) in [6, 6.07) is -3.75. The second kappa shape index (κ2) is 22.2. The first-order valence-electron chi connectivity index (χ1n) is 19.5. The maximum absolute atomic E-state index is 13.2. The van der Waals surface area contributed by atoms with E-state index in [2.05, 4.69) is 5.32 Å². The molecule has 4 heterocycles. The summed E-state index contributed by atoms with van der Waals surface area (Å²) in [5.74, 6) is -13.2. The van der Waals surface area contributed by atoms with Gasteiger partial charge in [0.1, 0.15) is 92.1 Å². The second-order valence-electron chi connectivity index (χ2n) is 15.5. The van der Waals surface area contributed by atoms with Crippen LogP contribution >= 0.6 is 0 Å². The van der Waals surface area contributed by atoms with Crippen molar-refractivity contribution in [1.29, 1.82) is 0 Å². The number of carbonyl (C=O) groups is 4. The van der Waals surface area contributed by atoms with Gasteiger partial charge in [-0.2, -0.15) is 0 Å². The summed E-state index contributed by atoms with van der Waals surface area (Å²) < 4.78 is 38.3. The number of nitrogens with one attached hydrogen (secondary N) is 2. The van der Waals surface area contributed by atoms with E-state index in [0.717, 1.165) is 6.92 Å². The van der Waals surface area contributed by atoms with Crippen LogP contribution in [0.15, 0.2) is 0 Å². The Hall–Kier alpha value is -3.00. The molecule has 19 N–H and O–H groups in total. The molecule has 0 aromatic carbocycles. The van der Waals surface area contributed by atoms with Gasteiger partial charge in [-0.15, -0.1) is 0 Å². The number of carbonyl (C=O) groups excluding carboxylic acids is 2. The Bertz CT molecular complexity index is 1580. The Morgan fingerprint density at radius 1 is 0.672 bits per heavy atom. The van der Waals surface area contributed by atoms with Gasteiger partial charge in [-0.3, -0.25) is 9.59 Å². The Morgan fingerprint density at radius 3 is 1.73 bits per heavy atom. The molecule has 30 nitrogen and oxygen atoms in total. The molecular formula is C34H56N2O28. The van der Waals surface area contributed by atoms with E-state index in [1.807, 2.05) is 5.32 Å². The highest BCUT2D eigenvalue weighted by atomic mass is 16.8. The average molecular weight is 941 g/mol. The first-order chi connectivity index (χ1) is 30.0. The molecule has 0 radical (unpaired) electrons. The van der Waals surface area contributed by atoms with Crippen molar-refractivity contribution in [2.75, 3.05) is 33.0 Å². The molecule has 4 aliphatic rings. The summed E-state index contributed by atoms with van der Waals surface area (Å²) >= 11 is 0. The molecule has 0 aromatic heterocycles. The van der Waals surface area contributed by atoms with Gasteiger partial charge >= 0.3 is 11.9 Å². The van der Waals surface area contributed by atoms with Gasteiger partial charge in [0.15, 0.2) is 12.6 Å². The first-order valence-corrected chi connectivity index (χ1v) is 19.5. The van der Waals surface area contributed by atoms with Crippen LogP contribution in [0, 0.1) is 0 Å². The molecule has 2 amide bonds. The summed E-state index contributed by atoms with van der Waals surface area (Å²) in [5, 5.41) is 183. The molecular weight excluding hydrogens is 884 g/mol. The van der Waals surface area contributed by atoms with Crippen molar-refractivity contribution in [3.05, 3.63) is 0 Å². The van der Waals surface area contributed by atoms with Gasteiger partial charge in [0.25, 0.3) is 11.6 Å². The summed E-state index contributed by atoms with van der Waals surface area (Å²) in [5.41, 5.74) is 0. The van der Waals surface area contributed by atoms with Crippen molar-refractivity contribution in [3.63, 3.8) is 0 Å². The minimum atomic E-state index is -3.40. The number of aliphatic carboxylic acids is 2. The average Bonchev–Trinajstić information content (AvgIpc) is 3.25. The normalized spacial score (nSPS) is 42.4. The molecule has 4 rings (SSSR count). The van der Waals surface area contributed by atoms with Crippen molar-refractivity contribution < 1.29 is 139 Å². The van der Waals surface area contributed by atoms with Crippen molar-refractivity contribution in [3.8, 4) is 0 Å². The predicted octanol–water partition coefficient (Wildman–Crippen LogP) is -12.1. The third-order valence-electron chi connectivity index (χ3n) is 11.1. The topological polar surface area (TPSA) is 501 Å². The van der Waals surface area contributed by atoms with E-state index in [-0.39, 0.29) is 0 Å². The number of ether oxygens (including phenoxy) is 7. The zero-order valence-corrected chi connectivity index (χ0v) is 33.6. The third-order valence-corrected chi connectivity index (χ3v) is 11.1. The Morgan fingerprint density at radius 2 is 1.22 bits per heavy atom. The summed E-state index contributed by atoms with van der Waals surface area (Å²) in [7, 11) is 0. The van der Waals surface area contributed by atoms with Gasteiger partial charge in [-0.1, -0.05) is 0 Å². The van der Waals surface area contributed by atoms with E-state index in [9.17, 15) is 106 Å². The Balaban J connectivity index is 1.73.